The van der Waals surface area contributed by atoms with Crippen molar-refractivity contribution in [2.45, 2.75) is 5.92 Å². The maximum Gasteiger partial charge on any atom is 0.272 e. The Kier molecular flexibility index (Phi) is 2.00. The molecular weight excluding hydrogens is 226 g/mol. The molecule has 1 aliphatic heterocycles. The molecule has 0 saturated carbocycles. The van der Waals surface area contributed by atoms with Gasteiger partial charge in [0.2, 0.25) is 5.15 Å². The van der Waals surface area contributed by atoms with E-state index >= 15 is 0 Å². The third-order valence-electron chi connectivity index (χ3n) is 2.55. The zero-order chi connectivity index (χ0) is 11.1. The smallest absolute Gasteiger partial charge is 0.272 e. The summed E-state index contributed by atoms with van der Waals surface area (Å²) >= 11 is 5.98. The number of halogens is 1. The summed E-state index contributed by atoms with van der Waals surface area (Å²) in [6, 6.07) is 0. The minimum Gasteiger partial charge on any atom is -0.276 e. The molecule has 0 N–H and O–H groups in total. The molecule has 0 fully saturated rings. The Morgan fingerprint density at radius 3 is 3.06 bits per heavy atom. The van der Waals surface area contributed by atoms with Gasteiger partial charge in [-0.05, 0) is 0 Å². The first-order valence-corrected chi connectivity index (χ1v) is 5.22. The van der Waals surface area contributed by atoms with Gasteiger partial charge in [0.05, 0.1) is 12.1 Å². The van der Waals surface area contributed by atoms with Crippen molar-refractivity contribution in [2.24, 2.45) is 7.05 Å². The van der Waals surface area contributed by atoms with E-state index < -0.39 is 0 Å². The van der Waals surface area contributed by atoms with Crippen molar-refractivity contribution < 1.29 is 4.36 Å². The highest BCUT2D eigenvalue weighted by Gasteiger charge is 2.21. The summed E-state index contributed by atoms with van der Waals surface area (Å²) in [6.07, 6.45) is 9.28. The lowest BCUT2D eigenvalue weighted by atomic mass is 10.1. The van der Waals surface area contributed by atoms with E-state index in [4.69, 9.17) is 11.6 Å². The molecule has 0 amide bonds. The zero-order valence-corrected chi connectivity index (χ0v) is 9.33. The second kappa shape index (κ2) is 3.38. The summed E-state index contributed by atoms with van der Waals surface area (Å²) in [7, 11) is 1.89. The van der Waals surface area contributed by atoms with Crippen molar-refractivity contribution in [1.29, 1.82) is 0 Å². The first kappa shape index (κ1) is 9.47. The van der Waals surface area contributed by atoms with Gasteiger partial charge >= 0.3 is 0 Å². The van der Waals surface area contributed by atoms with E-state index in [2.05, 4.69) is 15.2 Å². The molecule has 1 atom stereocenters. The number of aromatic nitrogens is 5. The number of fused-ring (bicyclic) bond motifs is 1. The minimum absolute atomic E-state index is 0.155. The fourth-order valence-electron chi connectivity index (χ4n) is 1.78. The van der Waals surface area contributed by atoms with E-state index in [1.165, 1.54) is 6.33 Å². The first-order valence-electron chi connectivity index (χ1n) is 4.85. The molecule has 1 aliphatic rings. The van der Waals surface area contributed by atoms with Crippen LogP contribution in [0.3, 0.4) is 0 Å². The van der Waals surface area contributed by atoms with Crippen molar-refractivity contribution in [1.82, 2.24) is 19.9 Å². The number of hydrogen-bond acceptors (Lipinski definition) is 3. The van der Waals surface area contributed by atoms with Gasteiger partial charge < -0.3 is 0 Å². The Bertz CT molecular complexity index is 660. The Morgan fingerprint density at radius 1 is 1.50 bits per heavy atom. The molecule has 16 heavy (non-hydrogen) atoms. The Morgan fingerprint density at radius 2 is 2.38 bits per heavy atom. The molecule has 0 saturated heterocycles. The second-order valence-electron chi connectivity index (χ2n) is 3.67. The fourth-order valence-corrected chi connectivity index (χ4v) is 1.97. The quantitative estimate of drug-likeness (QED) is 0.639. The number of nitrogens with zero attached hydrogens (tertiary/aromatic N) is 5. The fraction of sp³-hybridized carbons (Fsp3) is 0.200. The highest BCUT2D eigenvalue weighted by molar-refractivity contribution is 6.29. The molecule has 0 spiro atoms. The lowest BCUT2D eigenvalue weighted by Crippen LogP contribution is -2.39. The van der Waals surface area contributed by atoms with E-state index in [0.29, 0.717) is 5.15 Å². The molecule has 0 radical (unpaired) electrons. The molecule has 1 unspecified atom stereocenters. The van der Waals surface area contributed by atoms with Crippen molar-refractivity contribution >= 4 is 17.7 Å². The van der Waals surface area contributed by atoms with Gasteiger partial charge in [0.1, 0.15) is 0 Å². The molecule has 3 rings (SSSR count). The summed E-state index contributed by atoms with van der Waals surface area (Å²) in [6.45, 7) is 0. The highest BCUT2D eigenvalue weighted by Crippen LogP contribution is 2.17. The van der Waals surface area contributed by atoms with Gasteiger partial charge in [-0.25, -0.2) is 4.98 Å². The topological polar surface area (TPSA) is 49.5 Å². The standard InChI is InChI=1S/C10H9ClN5/c1-15-4-8(3-13-15)7-2-9-10(11)12-6-14-16(9)5-7/h2-7H,1H3/q+1. The van der Waals surface area contributed by atoms with Crippen LogP contribution in [0.15, 0.2) is 18.7 Å². The summed E-state index contributed by atoms with van der Waals surface area (Å²) in [5, 5.41) is 9.56. The van der Waals surface area contributed by atoms with E-state index in [-0.39, 0.29) is 5.92 Å². The second-order valence-corrected chi connectivity index (χ2v) is 4.03. The molecule has 2 aromatic rings. The Labute approximate surface area is 96.3 Å². The summed E-state index contributed by atoms with van der Waals surface area (Å²) in [4.78, 5) is 3.95. The van der Waals surface area contributed by atoms with Crippen LogP contribution in [-0.4, -0.2) is 19.9 Å². The van der Waals surface area contributed by atoms with Crippen molar-refractivity contribution in [3.63, 3.8) is 0 Å². The molecule has 80 valence electrons. The maximum atomic E-state index is 5.98. The van der Waals surface area contributed by atoms with Gasteiger partial charge in [-0.2, -0.15) is 5.10 Å². The zero-order valence-electron chi connectivity index (χ0n) is 8.58. The number of aryl methyl sites for hydroxylation is 1. The van der Waals surface area contributed by atoms with Crippen LogP contribution >= 0.6 is 11.6 Å². The number of hydrogen-bond donors (Lipinski definition) is 0. The monoisotopic (exact) mass is 234 g/mol. The van der Waals surface area contributed by atoms with Gasteiger partial charge in [0.25, 0.3) is 5.35 Å². The van der Waals surface area contributed by atoms with Crippen LogP contribution in [0, 0.1) is 6.21 Å². The van der Waals surface area contributed by atoms with E-state index in [1.54, 1.807) is 9.04 Å². The summed E-state index contributed by atoms with van der Waals surface area (Å²) < 4.78 is 3.52. The van der Waals surface area contributed by atoms with Crippen molar-refractivity contribution in [3.05, 3.63) is 41.0 Å². The predicted molar refractivity (Wildman–Crippen MR) is 57.0 cm³/mol. The Hall–Kier alpha value is -1.75. The average molecular weight is 235 g/mol. The van der Waals surface area contributed by atoms with Crippen LogP contribution in [0.25, 0.3) is 6.08 Å². The van der Waals surface area contributed by atoms with Gasteiger partial charge in [-0.15, -0.1) is 0 Å². The molecule has 3 heterocycles. The van der Waals surface area contributed by atoms with Crippen molar-refractivity contribution in [3.8, 4) is 0 Å². The van der Waals surface area contributed by atoms with Crippen LogP contribution in [0.4, 0.5) is 0 Å². The normalized spacial score (nSPS) is 17.8. The van der Waals surface area contributed by atoms with Crippen LogP contribution in [0.2, 0.25) is 5.15 Å². The number of rotatable bonds is 1. The van der Waals surface area contributed by atoms with Crippen LogP contribution in [0.5, 0.6) is 0 Å². The van der Waals surface area contributed by atoms with Gasteiger partial charge in [-0.1, -0.05) is 16.0 Å². The third-order valence-corrected chi connectivity index (χ3v) is 2.85. The molecule has 0 bridgehead atoms. The molecule has 0 aliphatic carbocycles. The van der Waals surface area contributed by atoms with Crippen LogP contribution < -0.4 is 9.71 Å². The van der Waals surface area contributed by atoms with Crippen LogP contribution in [0.1, 0.15) is 11.5 Å². The summed E-state index contributed by atoms with van der Waals surface area (Å²) in [5.74, 6) is 0.155. The third kappa shape index (κ3) is 1.40. The van der Waals surface area contributed by atoms with Crippen LogP contribution in [-0.2, 0) is 7.05 Å². The maximum absolute atomic E-state index is 5.98. The molecular formula is C10H9ClN5+. The van der Waals surface area contributed by atoms with E-state index in [9.17, 15) is 0 Å². The lowest BCUT2D eigenvalue weighted by molar-refractivity contribution is -0.590. The molecule has 5 nitrogen and oxygen atoms in total. The Balaban J connectivity index is 2.14. The largest absolute Gasteiger partial charge is 0.276 e. The molecule has 6 heteroatoms. The average Bonchev–Trinajstić information content (AvgIpc) is 2.84. The van der Waals surface area contributed by atoms with Gasteiger partial charge in [-0.3, -0.25) is 4.68 Å². The van der Waals surface area contributed by atoms with Gasteiger partial charge in [0.15, 0.2) is 12.5 Å². The molecule has 0 aromatic carbocycles. The SMILES string of the molecule is Cn1cc(C2C=c3c(Cl)ncn[n+]3=C2)cn1. The predicted octanol–water partition coefficient (Wildman–Crippen LogP) is -0.261. The van der Waals surface area contributed by atoms with E-state index in [0.717, 1.165) is 10.9 Å². The molecule has 2 aromatic heterocycles. The van der Waals surface area contributed by atoms with Crippen molar-refractivity contribution in [2.75, 3.05) is 0 Å². The minimum atomic E-state index is 0.155. The van der Waals surface area contributed by atoms with E-state index in [1.807, 2.05) is 31.7 Å². The first-order chi connectivity index (χ1) is 7.74. The highest BCUT2D eigenvalue weighted by atomic mass is 35.5. The lowest BCUT2D eigenvalue weighted by Gasteiger charge is -1.92. The van der Waals surface area contributed by atoms with Gasteiger partial charge in [0, 0.05) is 30.0 Å². The summed E-state index contributed by atoms with van der Waals surface area (Å²) in [5.41, 5.74) is 1.11.